The molecule has 0 radical (unpaired) electrons. The molecule has 3 rings (SSSR count). The Kier molecular flexibility index (Phi) is 8.91. The molecule has 1 aliphatic heterocycles. The van der Waals surface area contributed by atoms with Crippen LogP contribution in [0, 0.1) is 0 Å². The van der Waals surface area contributed by atoms with Gasteiger partial charge in [0.15, 0.2) is 15.7 Å². The summed E-state index contributed by atoms with van der Waals surface area (Å²) in [7, 11) is 0.452. The highest BCUT2D eigenvalue weighted by Crippen LogP contribution is 2.27. The molecule has 1 aromatic heterocycles. The highest BCUT2D eigenvalue weighted by molar-refractivity contribution is 7.91. The van der Waals surface area contributed by atoms with E-state index in [9.17, 15) is 13.2 Å². The van der Waals surface area contributed by atoms with Crippen molar-refractivity contribution in [3.63, 3.8) is 0 Å². The summed E-state index contributed by atoms with van der Waals surface area (Å²) < 4.78 is 30.5. The first kappa shape index (κ1) is 27.8. The molecule has 2 heterocycles. The average molecular weight is 519 g/mol. The number of benzene rings is 1. The summed E-state index contributed by atoms with van der Waals surface area (Å²) in [4.78, 5) is 25.6. The predicted octanol–water partition coefficient (Wildman–Crippen LogP) is 2.77. The first-order valence-electron chi connectivity index (χ1n) is 12.1. The fourth-order valence-corrected chi connectivity index (χ4v) is 4.55. The fraction of sp³-hybridized carbons (Fsp3) is 0.560. The van der Waals surface area contributed by atoms with Crippen molar-refractivity contribution >= 4 is 27.4 Å². The average Bonchev–Trinajstić information content (AvgIpc) is 2.78. The van der Waals surface area contributed by atoms with Gasteiger partial charge < -0.3 is 25.2 Å². The number of carbonyl (C=O) groups is 1. The van der Waals surface area contributed by atoms with Gasteiger partial charge in [-0.3, -0.25) is 0 Å². The van der Waals surface area contributed by atoms with Crippen molar-refractivity contribution in [2.45, 2.75) is 44.2 Å². The summed E-state index contributed by atoms with van der Waals surface area (Å²) in [5.74, 6) is 0.939. The van der Waals surface area contributed by atoms with Gasteiger partial charge in [0.2, 0.25) is 0 Å². The van der Waals surface area contributed by atoms with Crippen molar-refractivity contribution in [2.75, 3.05) is 57.2 Å². The van der Waals surface area contributed by atoms with Crippen LogP contribution in [0.3, 0.4) is 0 Å². The van der Waals surface area contributed by atoms with Crippen LogP contribution >= 0.6 is 0 Å². The number of nitrogens with one attached hydrogen (secondary N) is 2. The Morgan fingerprint density at radius 3 is 2.50 bits per heavy atom. The number of likely N-dealkylation sites (N-methyl/N-ethyl adjacent to an activating group) is 1. The number of aromatic nitrogens is 2. The van der Waals surface area contributed by atoms with E-state index in [1.165, 1.54) is 0 Å². The predicted molar refractivity (Wildman–Crippen MR) is 143 cm³/mol. The maximum absolute atomic E-state index is 12.9. The number of urea groups is 1. The third-order valence-electron chi connectivity index (χ3n) is 5.94. The topological polar surface area (TPSA) is 117 Å². The number of rotatable bonds is 8. The summed E-state index contributed by atoms with van der Waals surface area (Å²) in [6, 6.07) is 8.78. The third-order valence-corrected chi connectivity index (χ3v) is 8.49. The lowest BCUT2D eigenvalue weighted by molar-refractivity contribution is 0.0985. The SMILES string of the molecule is C[C@H]1COCCN1c1cc(CS(=O)(=O)C(C)(C)C)nc(-c2ccc(NC(=O)NCCN(C)C)cc2)n1. The molecule has 1 aromatic carbocycles. The Balaban J connectivity index is 1.87. The number of anilines is 2. The zero-order valence-electron chi connectivity index (χ0n) is 22.0. The summed E-state index contributed by atoms with van der Waals surface area (Å²) in [6.45, 7) is 10.2. The molecular weight excluding hydrogens is 480 g/mol. The summed E-state index contributed by atoms with van der Waals surface area (Å²) >= 11 is 0. The molecule has 2 N–H and O–H groups in total. The second kappa shape index (κ2) is 11.5. The van der Waals surface area contributed by atoms with Gasteiger partial charge >= 0.3 is 6.03 Å². The lowest BCUT2D eigenvalue weighted by atomic mass is 10.2. The molecule has 0 unspecified atom stereocenters. The maximum atomic E-state index is 12.9. The van der Waals surface area contributed by atoms with E-state index < -0.39 is 14.6 Å². The van der Waals surface area contributed by atoms with Crippen LogP contribution in [0.25, 0.3) is 11.4 Å². The van der Waals surface area contributed by atoms with Gasteiger partial charge in [0.05, 0.1) is 35.4 Å². The van der Waals surface area contributed by atoms with Gasteiger partial charge in [-0.1, -0.05) is 0 Å². The number of nitrogens with zero attached hydrogens (tertiary/aromatic N) is 4. The van der Waals surface area contributed by atoms with Gasteiger partial charge in [0.1, 0.15) is 5.82 Å². The molecule has 2 amide bonds. The van der Waals surface area contributed by atoms with E-state index in [1.807, 2.05) is 31.1 Å². The van der Waals surface area contributed by atoms with Gasteiger partial charge in [-0.15, -0.1) is 0 Å². The zero-order chi connectivity index (χ0) is 26.5. The first-order chi connectivity index (χ1) is 16.9. The second-order valence-corrected chi connectivity index (χ2v) is 13.0. The molecule has 1 atom stereocenters. The molecule has 198 valence electrons. The minimum absolute atomic E-state index is 0.103. The quantitative estimate of drug-likeness (QED) is 0.548. The van der Waals surface area contributed by atoms with Crippen LogP contribution in [0.1, 0.15) is 33.4 Å². The van der Waals surface area contributed by atoms with Crippen LogP contribution in [-0.4, -0.2) is 87.0 Å². The van der Waals surface area contributed by atoms with Gasteiger partial charge in [-0.05, 0) is 66.1 Å². The standard InChI is InChI=1S/C25H38N6O4S/c1-18-16-35-14-13-31(18)22-15-21(17-36(33,34)25(2,3)4)27-23(29-22)19-7-9-20(10-8-19)28-24(32)26-11-12-30(5)6/h7-10,15,18H,11-14,16-17H2,1-6H3,(H2,26,28,32)/t18-/m0/s1. The fourth-order valence-electron chi connectivity index (χ4n) is 3.58. The van der Waals surface area contributed by atoms with Crippen molar-refractivity contribution in [2.24, 2.45) is 0 Å². The van der Waals surface area contributed by atoms with Crippen LogP contribution in [0.5, 0.6) is 0 Å². The van der Waals surface area contributed by atoms with Crippen molar-refractivity contribution < 1.29 is 17.9 Å². The van der Waals surface area contributed by atoms with E-state index in [4.69, 9.17) is 9.72 Å². The second-order valence-electron chi connectivity index (χ2n) is 10.3. The molecule has 10 nitrogen and oxygen atoms in total. The summed E-state index contributed by atoms with van der Waals surface area (Å²) in [5, 5.41) is 5.62. The van der Waals surface area contributed by atoms with Crippen molar-refractivity contribution in [3.05, 3.63) is 36.0 Å². The van der Waals surface area contributed by atoms with E-state index in [-0.39, 0.29) is 17.8 Å². The Hall–Kier alpha value is -2.76. The van der Waals surface area contributed by atoms with Crippen LogP contribution < -0.4 is 15.5 Å². The van der Waals surface area contributed by atoms with E-state index in [0.29, 0.717) is 49.3 Å². The smallest absolute Gasteiger partial charge is 0.319 e. The Labute approximate surface area is 214 Å². The molecular formula is C25H38N6O4S. The van der Waals surface area contributed by atoms with Gasteiger partial charge in [0, 0.05) is 37.0 Å². The lowest BCUT2D eigenvalue weighted by Gasteiger charge is -2.34. The van der Waals surface area contributed by atoms with Gasteiger partial charge in [-0.2, -0.15) is 0 Å². The molecule has 0 bridgehead atoms. The minimum Gasteiger partial charge on any atom is -0.377 e. The maximum Gasteiger partial charge on any atom is 0.319 e. The van der Waals surface area contributed by atoms with E-state index >= 15 is 0 Å². The lowest BCUT2D eigenvalue weighted by Crippen LogP contribution is -2.44. The summed E-state index contributed by atoms with van der Waals surface area (Å²) in [6.07, 6.45) is 0. The Bertz CT molecular complexity index is 1150. The van der Waals surface area contributed by atoms with Crippen molar-refractivity contribution in [3.8, 4) is 11.4 Å². The van der Waals surface area contributed by atoms with Crippen LogP contribution in [0.4, 0.5) is 16.3 Å². The van der Waals surface area contributed by atoms with E-state index in [0.717, 1.165) is 12.1 Å². The number of hydrogen-bond acceptors (Lipinski definition) is 8. The number of carbonyl (C=O) groups excluding carboxylic acids is 1. The number of hydrogen-bond donors (Lipinski definition) is 2. The molecule has 36 heavy (non-hydrogen) atoms. The summed E-state index contributed by atoms with van der Waals surface area (Å²) in [5.41, 5.74) is 1.81. The van der Waals surface area contributed by atoms with Crippen LogP contribution in [0.15, 0.2) is 30.3 Å². The number of ether oxygens (including phenoxy) is 1. The van der Waals surface area contributed by atoms with Crippen molar-refractivity contribution in [1.82, 2.24) is 20.2 Å². The Morgan fingerprint density at radius 2 is 1.89 bits per heavy atom. The number of morpholine rings is 1. The van der Waals surface area contributed by atoms with E-state index in [1.54, 1.807) is 39.0 Å². The monoisotopic (exact) mass is 518 g/mol. The zero-order valence-corrected chi connectivity index (χ0v) is 22.9. The van der Waals surface area contributed by atoms with E-state index in [2.05, 4.69) is 27.4 Å². The molecule has 1 saturated heterocycles. The Morgan fingerprint density at radius 1 is 1.19 bits per heavy atom. The largest absolute Gasteiger partial charge is 0.377 e. The van der Waals surface area contributed by atoms with Crippen molar-refractivity contribution in [1.29, 1.82) is 0 Å². The minimum atomic E-state index is -3.44. The number of amides is 2. The third kappa shape index (κ3) is 7.37. The molecule has 0 saturated carbocycles. The number of sulfone groups is 1. The highest BCUT2D eigenvalue weighted by Gasteiger charge is 2.30. The van der Waals surface area contributed by atoms with Crippen LogP contribution in [0.2, 0.25) is 0 Å². The molecule has 0 aliphatic carbocycles. The molecule has 0 spiro atoms. The van der Waals surface area contributed by atoms with Gasteiger partial charge in [0.25, 0.3) is 0 Å². The van der Waals surface area contributed by atoms with Gasteiger partial charge in [-0.25, -0.2) is 23.2 Å². The molecule has 1 aliphatic rings. The molecule has 2 aromatic rings. The molecule has 1 fully saturated rings. The van der Waals surface area contributed by atoms with Crippen LogP contribution in [-0.2, 0) is 20.3 Å². The first-order valence-corrected chi connectivity index (χ1v) is 13.8. The molecule has 11 heteroatoms. The highest BCUT2D eigenvalue weighted by atomic mass is 32.2. The normalized spacial score (nSPS) is 16.8.